The molecule has 5 rings (SSSR count). The molecule has 202 valence electrons. The van der Waals surface area contributed by atoms with Crippen LogP contribution in [0.3, 0.4) is 0 Å². The molecule has 0 bridgehead atoms. The zero-order chi connectivity index (χ0) is 27.2. The van der Waals surface area contributed by atoms with E-state index in [1.165, 1.54) is 22.3 Å². The summed E-state index contributed by atoms with van der Waals surface area (Å²) in [6.07, 6.45) is 6.43. The van der Waals surface area contributed by atoms with Crippen molar-refractivity contribution in [2.24, 2.45) is 17.3 Å². The molecule has 0 spiro atoms. The van der Waals surface area contributed by atoms with Crippen molar-refractivity contribution >= 4 is 17.4 Å². The second-order valence-electron chi connectivity index (χ2n) is 12.0. The maximum atomic E-state index is 12.3. The van der Waals surface area contributed by atoms with E-state index >= 15 is 0 Å². The Hall–Kier alpha value is -2.88. The van der Waals surface area contributed by atoms with Crippen LogP contribution < -0.4 is 4.90 Å². The molecule has 0 saturated heterocycles. The number of hydrogen-bond acceptors (Lipinski definition) is 5. The van der Waals surface area contributed by atoms with Gasteiger partial charge in [-0.2, -0.15) is 0 Å². The van der Waals surface area contributed by atoms with Gasteiger partial charge in [-0.05, 0) is 92.2 Å². The Kier molecular flexibility index (Phi) is 7.04. The Labute approximate surface area is 225 Å². The average Bonchev–Trinajstić information content (AvgIpc) is 3.13. The van der Waals surface area contributed by atoms with Crippen molar-refractivity contribution in [1.29, 1.82) is 0 Å². The Morgan fingerprint density at radius 2 is 1.92 bits per heavy atom. The molecule has 0 aliphatic heterocycles. The van der Waals surface area contributed by atoms with Gasteiger partial charge in [0.1, 0.15) is 5.60 Å². The van der Waals surface area contributed by atoms with Crippen LogP contribution in [-0.4, -0.2) is 52.4 Å². The topological polar surface area (TPSA) is 98.1 Å². The number of hydrogen-bond donors (Lipinski definition) is 3. The van der Waals surface area contributed by atoms with Gasteiger partial charge in [-0.1, -0.05) is 30.6 Å². The summed E-state index contributed by atoms with van der Waals surface area (Å²) in [5, 5.41) is 30.9. The summed E-state index contributed by atoms with van der Waals surface area (Å²) in [6.45, 7) is 4.28. The first-order chi connectivity index (χ1) is 18.1. The van der Waals surface area contributed by atoms with Crippen molar-refractivity contribution in [2.45, 2.75) is 82.8 Å². The minimum atomic E-state index is -1.01. The van der Waals surface area contributed by atoms with Crippen molar-refractivity contribution in [3.05, 3.63) is 52.6 Å². The summed E-state index contributed by atoms with van der Waals surface area (Å²) >= 11 is 0. The van der Waals surface area contributed by atoms with Crippen LogP contribution in [0.2, 0.25) is 0 Å². The van der Waals surface area contributed by atoms with E-state index in [0.717, 1.165) is 37.8 Å². The second kappa shape index (κ2) is 10.0. The molecule has 38 heavy (non-hydrogen) atoms. The SMILES string of the molecule is CC#C[C@]1(O)CC[C@H]2[C@@H]3CCC4=CC(=O)CCC4=C3[C@@H](c3ccc(N(C)C[C@@H](O)CC(=O)O)cc3)C[C@@]21C. The van der Waals surface area contributed by atoms with E-state index < -0.39 is 17.7 Å². The van der Waals surface area contributed by atoms with Crippen LogP contribution >= 0.6 is 0 Å². The number of carboxylic acid groups (broad SMARTS) is 1. The number of likely N-dealkylation sites (N-methyl/N-ethyl adjacent to an activating group) is 1. The Morgan fingerprint density at radius 3 is 2.61 bits per heavy atom. The van der Waals surface area contributed by atoms with Crippen molar-refractivity contribution in [1.82, 2.24) is 0 Å². The molecule has 2 saturated carbocycles. The zero-order valence-electron chi connectivity index (χ0n) is 22.7. The molecule has 3 N–H and O–H groups in total. The number of allylic oxidation sites excluding steroid dienone is 4. The molecule has 4 aliphatic carbocycles. The molecule has 2 fully saturated rings. The predicted molar refractivity (Wildman–Crippen MR) is 147 cm³/mol. The first-order valence-corrected chi connectivity index (χ1v) is 13.9. The molecule has 1 aromatic rings. The number of rotatable bonds is 6. The van der Waals surface area contributed by atoms with Gasteiger partial charge in [0.15, 0.2) is 5.78 Å². The van der Waals surface area contributed by atoms with Crippen LogP contribution in [0.4, 0.5) is 5.69 Å². The second-order valence-corrected chi connectivity index (χ2v) is 12.0. The lowest BCUT2D eigenvalue weighted by Crippen LogP contribution is -2.51. The number of carbonyl (C=O) groups excluding carboxylic acids is 1. The Morgan fingerprint density at radius 1 is 1.18 bits per heavy atom. The number of fused-ring (bicyclic) bond motifs is 4. The number of aliphatic hydroxyl groups excluding tert-OH is 1. The lowest BCUT2D eigenvalue weighted by molar-refractivity contribution is -0.139. The molecule has 1 aromatic carbocycles. The number of carboxylic acids is 1. The molecule has 0 unspecified atom stereocenters. The third kappa shape index (κ3) is 4.50. The molecule has 4 aliphatic rings. The summed E-state index contributed by atoms with van der Waals surface area (Å²) in [4.78, 5) is 25.1. The summed E-state index contributed by atoms with van der Waals surface area (Å²) < 4.78 is 0. The Balaban J connectivity index is 1.53. The molecule has 6 atom stereocenters. The van der Waals surface area contributed by atoms with E-state index in [9.17, 15) is 19.8 Å². The highest BCUT2D eigenvalue weighted by Gasteiger charge is 2.62. The number of aliphatic hydroxyl groups is 2. The third-order valence-electron chi connectivity index (χ3n) is 9.85. The number of anilines is 1. The standard InChI is InChI=1S/C32H39NO5/c1-4-14-32(38)15-13-28-26-11-7-21-16-23(34)10-12-25(21)30(26)27(18-31(28,32)2)20-5-8-22(9-6-20)33(3)19-24(35)17-29(36)37/h5-6,8-9,16,24,26-28,35,38H,7,10-13,15,17-19H2,1-3H3,(H,36,37)/t24-,26-,27+,28-,31-,32-/m0/s1. The zero-order valence-corrected chi connectivity index (χ0v) is 22.7. The number of carbonyl (C=O) groups is 2. The lowest BCUT2D eigenvalue weighted by Gasteiger charge is -2.53. The third-order valence-corrected chi connectivity index (χ3v) is 9.85. The number of aliphatic carboxylic acids is 1. The van der Waals surface area contributed by atoms with E-state index in [1.807, 2.05) is 37.1 Å². The average molecular weight is 518 g/mol. The minimum absolute atomic E-state index is 0.133. The van der Waals surface area contributed by atoms with Crippen molar-refractivity contribution < 1.29 is 24.9 Å². The summed E-state index contributed by atoms with van der Waals surface area (Å²) in [7, 11) is 1.85. The summed E-state index contributed by atoms with van der Waals surface area (Å²) in [6, 6.07) is 8.35. The van der Waals surface area contributed by atoms with Gasteiger partial charge in [0, 0.05) is 37.0 Å². The van der Waals surface area contributed by atoms with E-state index in [-0.39, 0.29) is 30.1 Å². The molecule has 0 amide bonds. The number of benzene rings is 1. The first-order valence-electron chi connectivity index (χ1n) is 13.9. The van der Waals surface area contributed by atoms with Gasteiger partial charge >= 0.3 is 5.97 Å². The molecular weight excluding hydrogens is 478 g/mol. The number of nitrogens with zero attached hydrogens (tertiary/aromatic N) is 1. The fourth-order valence-corrected chi connectivity index (χ4v) is 8.03. The highest BCUT2D eigenvalue weighted by molar-refractivity contribution is 5.93. The maximum Gasteiger partial charge on any atom is 0.306 e. The van der Waals surface area contributed by atoms with Gasteiger partial charge < -0.3 is 20.2 Å². The molecule has 0 heterocycles. The van der Waals surface area contributed by atoms with Gasteiger partial charge in [-0.25, -0.2) is 0 Å². The van der Waals surface area contributed by atoms with Crippen LogP contribution in [0.15, 0.2) is 47.1 Å². The lowest BCUT2D eigenvalue weighted by atomic mass is 9.51. The van der Waals surface area contributed by atoms with Crippen LogP contribution in [-0.2, 0) is 9.59 Å². The van der Waals surface area contributed by atoms with Crippen molar-refractivity contribution in [3.63, 3.8) is 0 Å². The first kappa shape index (κ1) is 26.7. The van der Waals surface area contributed by atoms with E-state index in [1.54, 1.807) is 0 Å². The summed E-state index contributed by atoms with van der Waals surface area (Å²) in [5.74, 6) is 6.31. The minimum Gasteiger partial charge on any atom is -0.481 e. The van der Waals surface area contributed by atoms with Crippen molar-refractivity contribution in [3.8, 4) is 11.8 Å². The fraction of sp³-hybridized carbons (Fsp3) is 0.562. The van der Waals surface area contributed by atoms with Gasteiger partial charge in [-0.15, -0.1) is 5.92 Å². The van der Waals surface area contributed by atoms with Gasteiger partial charge in [0.05, 0.1) is 12.5 Å². The molecule has 6 heteroatoms. The van der Waals surface area contributed by atoms with Gasteiger partial charge in [0.25, 0.3) is 0 Å². The fourth-order valence-electron chi connectivity index (χ4n) is 8.03. The molecule has 0 radical (unpaired) electrons. The van der Waals surface area contributed by atoms with Crippen LogP contribution in [0, 0.1) is 29.1 Å². The highest BCUT2D eigenvalue weighted by atomic mass is 16.4. The van der Waals surface area contributed by atoms with Crippen LogP contribution in [0.25, 0.3) is 0 Å². The molecule has 6 nitrogen and oxygen atoms in total. The largest absolute Gasteiger partial charge is 0.481 e. The van der Waals surface area contributed by atoms with Gasteiger partial charge in [-0.3, -0.25) is 9.59 Å². The maximum absolute atomic E-state index is 12.3. The van der Waals surface area contributed by atoms with E-state index in [0.29, 0.717) is 24.7 Å². The highest BCUT2D eigenvalue weighted by Crippen LogP contribution is 2.66. The molecular formula is C32H39NO5. The van der Waals surface area contributed by atoms with Gasteiger partial charge in [0.2, 0.25) is 0 Å². The summed E-state index contributed by atoms with van der Waals surface area (Å²) in [5.41, 5.74) is 4.85. The smallest absolute Gasteiger partial charge is 0.306 e. The monoisotopic (exact) mass is 517 g/mol. The Bertz CT molecular complexity index is 1250. The predicted octanol–water partition coefficient (Wildman–Crippen LogP) is 4.61. The van der Waals surface area contributed by atoms with Crippen molar-refractivity contribution in [2.75, 3.05) is 18.5 Å². The van der Waals surface area contributed by atoms with E-state index in [4.69, 9.17) is 5.11 Å². The van der Waals surface area contributed by atoms with Crippen LogP contribution in [0.1, 0.15) is 76.7 Å². The number of ketones is 1. The normalized spacial score (nSPS) is 32.8. The molecule has 0 aromatic heterocycles. The quantitative estimate of drug-likeness (QED) is 0.477. The van der Waals surface area contributed by atoms with E-state index in [2.05, 4.69) is 30.9 Å². The van der Waals surface area contributed by atoms with Crippen LogP contribution in [0.5, 0.6) is 0 Å².